The summed E-state index contributed by atoms with van der Waals surface area (Å²) in [5, 5.41) is 15.4. The van der Waals surface area contributed by atoms with E-state index in [9.17, 15) is 5.11 Å². The van der Waals surface area contributed by atoms with Crippen LogP contribution in [0.2, 0.25) is 0 Å². The van der Waals surface area contributed by atoms with Crippen molar-refractivity contribution in [2.75, 3.05) is 38.9 Å². The molecule has 1 N–H and O–H groups in total. The minimum atomic E-state index is -0.978. The molecule has 0 aliphatic carbocycles. The van der Waals surface area contributed by atoms with Gasteiger partial charge in [0.25, 0.3) is 0 Å². The standard InChI is InChI=1S/C25H27N5O4/c1-29-14-17(12-27-29)24-13-26-22-5-4-18(10-23(22)28-24)30(15-25(31)6-7-34-16-25)19-8-20(32-2)11-21(9-19)33-3/h4-5,8-14,31H,6-7,15-16H2,1-3H3. The molecule has 0 bridgehead atoms. The number of hydrogen-bond donors (Lipinski definition) is 1. The van der Waals surface area contributed by atoms with Crippen LogP contribution in [0.3, 0.4) is 0 Å². The first-order chi connectivity index (χ1) is 16.5. The van der Waals surface area contributed by atoms with E-state index in [-0.39, 0.29) is 6.61 Å². The van der Waals surface area contributed by atoms with Crippen molar-refractivity contribution in [3.63, 3.8) is 0 Å². The number of aromatic nitrogens is 4. The molecule has 4 aromatic rings. The highest BCUT2D eigenvalue weighted by Gasteiger charge is 2.35. The highest BCUT2D eigenvalue weighted by molar-refractivity contribution is 5.82. The van der Waals surface area contributed by atoms with Gasteiger partial charge in [-0.2, -0.15) is 5.10 Å². The maximum absolute atomic E-state index is 11.2. The fourth-order valence-corrected chi connectivity index (χ4v) is 4.16. The molecule has 1 aliphatic rings. The number of nitrogens with zero attached hydrogens (tertiary/aromatic N) is 5. The Hall–Kier alpha value is -3.69. The molecule has 1 saturated heterocycles. The first-order valence-electron chi connectivity index (χ1n) is 11.0. The Morgan fingerprint density at radius 1 is 1.06 bits per heavy atom. The lowest BCUT2D eigenvalue weighted by atomic mass is 10.0. The fraction of sp³-hybridized carbons (Fsp3) is 0.320. The van der Waals surface area contributed by atoms with Gasteiger partial charge in [-0.15, -0.1) is 0 Å². The predicted molar refractivity (Wildman–Crippen MR) is 129 cm³/mol. The number of ether oxygens (including phenoxy) is 3. The molecule has 34 heavy (non-hydrogen) atoms. The molecule has 0 radical (unpaired) electrons. The Balaban J connectivity index is 1.60. The van der Waals surface area contributed by atoms with Gasteiger partial charge in [0.2, 0.25) is 0 Å². The van der Waals surface area contributed by atoms with Crippen molar-refractivity contribution in [3.8, 4) is 22.8 Å². The van der Waals surface area contributed by atoms with E-state index in [1.54, 1.807) is 31.3 Å². The van der Waals surface area contributed by atoms with E-state index < -0.39 is 5.60 Å². The minimum absolute atomic E-state index is 0.281. The second-order valence-corrected chi connectivity index (χ2v) is 8.51. The van der Waals surface area contributed by atoms with Crippen LogP contribution in [-0.2, 0) is 11.8 Å². The van der Waals surface area contributed by atoms with E-state index >= 15 is 0 Å². The Morgan fingerprint density at radius 2 is 1.85 bits per heavy atom. The van der Waals surface area contributed by atoms with Crippen LogP contribution in [0.4, 0.5) is 11.4 Å². The third-order valence-electron chi connectivity index (χ3n) is 6.02. The highest BCUT2D eigenvalue weighted by Crippen LogP contribution is 2.36. The summed E-state index contributed by atoms with van der Waals surface area (Å²) in [6.45, 7) is 1.15. The van der Waals surface area contributed by atoms with Gasteiger partial charge in [0.1, 0.15) is 17.1 Å². The van der Waals surface area contributed by atoms with Gasteiger partial charge in [-0.3, -0.25) is 9.67 Å². The summed E-state index contributed by atoms with van der Waals surface area (Å²) in [5.41, 5.74) is 3.88. The average molecular weight is 462 g/mol. The lowest BCUT2D eigenvalue weighted by Crippen LogP contribution is -2.41. The molecule has 1 fully saturated rings. The molecule has 176 valence electrons. The maximum Gasteiger partial charge on any atom is 0.124 e. The van der Waals surface area contributed by atoms with E-state index in [1.807, 2.05) is 54.5 Å². The van der Waals surface area contributed by atoms with Crippen LogP contribution in [0.5, 0.6) is 11.5 Å². The van der Waals surface area contributed by atoms with Gasteiger partial charge in [0.05, 0.1) is 56.5 Å². The van der Waals surface area contributed by atoms with Crippen LogP contribution >= 0.6 is 0 Å². The molecule has 1 aliphatic heterocycles. The molecule has 9 nitrogen and oxygen atoms in total. The maximum atomic E-state index is 11.2. The quantitative estimate of drug-likeness (QED) is 0.448. The number of fused-ring (bicyclic) bond motifs is 1. The van der Waals surface area contributed by atoms with Crippen LogP contribution in [-0.4, -0.2) is 64.4 Å². The van der Waals surface area contributed by atoms with Crippen LogP contribution in [0.25, 0.3) is 22.3 Å². The molecule has 9 heteroatoms. The summed E-state index contributed by atoms with van der Waals surface area (Å²) >= 11 is 0. The zero-order valence-corrected chi connectivity index (χ0v) is 19.4. The Kier molecular flexibility index (Phi) is 5.80. The van der Waals surface area contributed by atoms with Crippen molar-refractivity contribution >= 4 is 22.4 Å². The van der Waals surface area contributed by atoms with Gasteiger partial charge < -0.3 is 24.2 Å². The fourth-order valence-electron chi connectivity index (χ4n) is 4.16. The number of rotatable bonds is 7. The minimum Gasteiger partial charge on any atom is -0.497 e. The lowest BCUT2D eigenvalue weighted by Gasteiger charge is -2.32. The summed E-state index contributed by atoms with van der Waals surface area (Å²) in [5.74, 6) is 1.32. The SMILES string of the molecule is COc1cc(OC)cc(N(CC2(O)CCOC2)c2ccc3ncc(-c4cnn(C)c4)nc3c2)c1. The summed E-state index contributed by atoms with van der Waals surface area (Å²) < 4.78 is 18.2. The third-order valence-corrected chi connectivity index (χ3v) is 6.02. The number of aryl methyl sites for hydroxylation is 1. The van der Waals surface area contributed by atoms with Gasteiger partial charge in [-0.1, -0.05) is 0 Å². The molecule has 5 rings (SSSR count). The lowest BCUT2D eigenvalue weighted by molar-refractivity contribution is 0.0346. The summed E-state index contributed by atoms with van der Waals surface area (Å²) in [4.78, 5) is 11.5. The monoisotopic (exact) mass is 461 g/mol. The largest absolute Gasteiger partial charge is 0.497 e. The van der Waals surface area contributed by atoms with Gasteiger partial charge in [0.15, 0.2) is 0 Å². The van der Waals surface area contributed by atoms with Crippen molar-refractivity contribution in [3.05, 3.63) is 55.0 Å². The summed E-state index contributed by atoms with van der Waals surface area (Å²) in [6.07, 6.45) is 5.99. The zero-order chi connectivity index (χ0) is 23.7. The van der Waals surface area contributed by atoms with Crippen molar-refractivity contribution < 1.29 is 19.3 Å². The van der Waals surface area contributed by atoms with Crippen LogP contribution in [0.1, 0.15) is 6.42 Å². The average Bonchev–Trinajstić information content (AvgIpc) is 3.50. The molecule has 2 aromatic carbocycles. The van der Waals surface area contributed by atoms with Crippen LogP contribution < -0.4 is 14.4 Å². The molecule has 2 aromatic heterocycles. The van der Waals surface area contributed by atoms with E-state index in [0.717, 1.165) is 33.7 Å². The number of benzene rings is 2. The van der Waals surface area contributed by atoms with Gasteiger partial charge in [0, 0.05) is 61.4 Å². The smallest absolute Gasteiger partial charge is 0.124 e. The first-order valence-corrected chi connectivity index (χ1v) is 11.0. The molecule has 0 spiro atoms. The normalized spacial score (nSPS) is 17.8. The second-order valence-electron chi connectivity index (χ2n) is 8.51. The van der Waals surface area contributed by atoms with Crippen molar-refractivity contribution in [2.45, 2.75) is 12.0 Å². The van der Waals surface area contributed by atoms with Gasteiger partial charge >= 0.3 is 0 Å². The highest BCUT2D eigenvalue weighted by atomic mass is 16.5. The van der Waals surface area contributed by atoms with Crippen LogP contribution in [0.15, 0.2) is 55.0 Å². The molecular formula is C25H27N5O4. The third kappa shape index (κ3) is 4.40. The topological polar surface area (TPSA) is 94.8 Å². The number of methoxy groups -OCH3 is 2. The predicted octanol–water partition coefficient (Wildman–Crippen LogP) is 3.34. The second kappa shape index (κ2) is 8.92. The molecule has 0 saturated carbocycles. The zero-order valence-electron chi connectivity index (χ0n) is 19.4. The Bertz CT molecular complexity index is 1290. The Labute approximate surface area is 197 Å². The van der Waals surface area contributed by atoms with Crippen molar-refractivity contribution in [1.82, 2.24) is 19.7 Å². The first kappa shape index (κ1) is 22.1. The van der Waals surface area contributed by atoms with E-state index in [2.05, 4.69) is 10.1 Å². The van der Waals surface area contributed by atoms with E-state index in [4.69, 9.17) is 19.2 Å². The molecule has 3 heterocycles. The van der Waals surface area contributed by atoms with E-state index in [0.29, 0.717) is 31.1 Å². The molecule has 0 amide bonds. The van der Waals surface area contributed by atoms with E-state index in [1.165, 1.54) is 0 Å². The Morgan fingerprint density at radius 3 is 2.50 bits per heavy atom. The number of anilines is 2. The van der Waals surface area contributed by atoms with Crippen LogP contribution in [0, 0.1) is 0 Å². The molecule has 1 unspecified atom stereocenters. The summed E-state index contributed by atoms with van der Waals surface area (Å²) in [6, 6.07) is 11.6. The van der Waals surface area contributed by atoms with Gasteiger partial charge in [-0.05, 0) is 18.2 Å². The van der Waals surface area contributed by atoms with Gasteiger partial charge in [-0.25, -0.2) is 4.98 Å². The number of hydrogen-bond acceptors (Lipinski definition) is 8. The summed E-state index contributed by atoms with van der Waals surface area (Å²) in [7, 11) is 5.10. The number of aliphatic hydroxyl groups is 1. The molecule has 1 atom stereocenters. The van der Waals surface area contributed by atoms with Crippen molar-refractivity contribution in [2.24, 2.45) is 7.05 Å². The molecular weight excluding hydrogens is 434 g/mol. The van der Waals surface area contributed by atoms with Crippen molar-refractivity contribution in [1.29, 1.82) is 0 Å².